The normalized spacial score (nSPS) is 10.5. The van der Waals surface area contributed by atoms with Crippen LogP contribution in [0.15, 0.2) is 77.3 Å². The van der Waals surface area contributed by atoms with Gasteiger partial charge in [0.2, 0.25) is 5.91 Å². The van der Waals surface area contributed by atoms with Crippen molar-refractivity contribution >= 4 is 33.4 Å². The van der Waals surface area contributed by atoms with Gasteiger partial charge < -0.3 is 15.0 Å². The molecule has 0 atom stereocenters. The largest absolute Gasteiger partial charge is 0.492 e. The summed E-state index contributed by atoms with van der Waals surface area (Å²) in [5, 5.41) is 2.90. The van der Waals surface area contributed by atoms with Crippen molar-refractivity contribution in [3.63, 3.8) is 0 Å². The number of carbonyl (C=O) groups excluding carboxylic acids is 2. The Morgan fingerprint density at radius 3 is 2.25 bits per heavy atom. The highest BCUT2D eigenvalue weighted by atomic mass is 79.9. The molecule has 0 aliphatic carbocycles. The monoisotopic (exact) mass is 494 g/mol. The van der Waals surface area contributed by atoms with Gasteiger partial charge in [-0.3, -0.25) is 9.59 Å². The molecule has 32 heavy (non-hydrogen) atoms. The number of rotatable bonds is 9. The van der Waals surface area contributed by atoms with Gasteiger partial charge in [-0.2, -0.15) is 0 Å². The number of anilines is 1. The van der Waals surface area contributed by atoms with Crippen LogP contribution in [-0.4, -0.2) is 37.4 Å². The van der Waals surface area contributed by atoms with Gasteiger partial charge in [0, 0.05) is 38.2 Å². The van der Waals surface area contributed by atoms with Crippen LogP contribution in [0.25, 0.3) is 0 Å². The Balaban J connectivity index is 1.52. The molecule has 0 aromatic heterocycles. The fourth-order valence-corrected chi connectivity index (χ4v) is 3.61. The van der Waals surface area contributed by atoms with Crippen molar-refractivity contribution in [1.82, 2.24) is 4.90 Å². The number of nitrogens with zero attached hydrogens (tertiary/aromatic N) is 1. The standard InChI is InChI=1S/C26H27BrN2O3/c1-29(2)25(30)15-10-20-8-12-22(13-9-20)28-26(31)21-11-14-24(23(27)18-21)32-17-16-19-6-4-3-5-7-19/h3-9,11-14,18H,10,15-17H2,1-2H3,(H,28,31). The minimum absolute atomic E-state index is 0.0976. The van der Waals surface area contributed by atoms with Crippen LogP contribution in [0.5, 0.6) is 5.75 Å². The van der Waals surface area contributed by atoms with Gasteiger partial charge in [0.25, 0.3) is 5.91 Å². The number of hydrogen-bond acceptors (Lipinski definition) is 3. The van der Waals surface area contributed by atoms with Crippen LogP contribution in [0.3, 0.4) is 0 Å². The van der Waals surface area contributed by atoms with Gasteiger partial charge in [0.15, 0.2) is 0 Å². The quantitative estimate of drug-likeness (QED) is 0.436. The van der Waals surface area contributed by atoms with Crippen LogP contribution < -0.4 is 10.1 Å². The molecule has 0 aliphatic rings. The van der Waals surface area contributed by atoms with E-state index in [9.17, 15) is 9.59 Å². The summed E-state index contributed by atoms with van der Waals surface area (Å²) in [6.07, 6.45) is 1.95. The fraction of sp³-hybridized carbons (Fsp3) is 0.231. The van der Waals surface area contributed by atoms with Gasteiger partial charge in [-0.15, -0.1) is 0 Å². The molecule has 0 unspecified atom stereocenters. The van der Waals surface area contributed by atoms with Crippen molar-refractivity contribution in [3.8, 4) is 5.75 Å². The summed E-state index contributed by atoms with van der Waals surface area (Å²) in [5.74, 6) is 0.603. The Labute approximate surface area is 197 Å². The van der Waals surface area contributed by atoms with E-state index in [-0.39, 0.29) is 11.8 Å². The summed E-state index contributed by atoms with van der Waals surface area (Å²) in [4.78, 5) is 25.9. The molecule has 3 aromatic rings. The van der Waals surface area contributed by atoms with E-state index >= 15 is 0 Å². The number of carbonyl (C=O) groups is 2. The molecular formula is C26H27BrN2O3. The van der Waals surface area contributed by atoms with Crippen LogP contribution >= 0.6 is 15.9 Å². The predicted molar refractivity (Wildman–Crippen MR) is 131 cm³/mol. The summed E-state index contributed by atoms with van der Waals surface area (Å²) < 4.78 is 6.59. The van der Waals surface area contributed by atoms with E-state index in [1.165, 1.54) is 5.56 Å². The lowest BCUT2D eigenvalue weighted by molar-refractivity contribution is -0.128. The Morgan fingerprint density at radius 1 is 0.906 bits per heavy atom. The third-order valence-corrected chi connectivity index (χ3v) is 5.64. The number of amides is 2. The van der Waals surface area contributed by atoms with Crippen molar-refractivity contribution in [2.45, 2.75) is 19.3 Å². The second-order valence-corrected chi connectivity index (χ2v) is 8.52. The number of ether oxygens (including phenoxy) is 1. The van der Waals surface area contributed by atoms with Crippen molar-refractivity contribution in [1.29, 1.82) is 0 Å². The minimum atomic E-state index is -0.197. The van der Waals surface area contributed by atoms with Gasteiger partial charge in [0.05, 0.1) is 11.1 Å². The van der Waals surface area contributed by atoms with Crippen LogP contribution in [0.1, 0.15) is 27.9 Å². The molecule has 0 radical (unpaired) electrons. The Kier molecular flexibility index (Phi) is 8.45. The lowest BCUT2D eigenvalue weighted by atomic mass is 10.1. The summed E-state index contributed by atoms with van der Waals surface area (Å²) in [5.41, 5.74) is 3.51. The van der Waals surface area contributed by atoms with E-state index in [2.05, 4.69) is 33.4 Å². The maximum Gasteiger partial charge on any atom is 0.255 e. The van der Waals surface area contributed by atoms with Gasteiger partial charge in [0.1, 0.15) is 5.75 Å². The molecule has 0 saturated heterocycles. The van der Waals surface area contributed by atoms with Gasteiger partial charge in [-0.05, 0) is 63.8 Å². The lowest BCUT2D eigenvalue weighted by Crippen LogP contribution is -2.21. The number of nitrogens with one attached hydrogen (secondary N) is 1. The van der Waals surface area contributed by atoms with Crippen molar-refractivity contribution < 1.29 is 14.3 Å². The molecule has 3 rings (SSSR count). The fourth-order valence-electron chi connectivity index (χ4n) is 3.12. The first kappa shape index (κ1) is 23.5. The zero-order valence-corrected chi connectivity index (χ0v) is 19.9. The van der Waals surface area contributed by atoms with Crippen LogP contribution in [-0.2, 0) is 17.6 Å². The molecular weight excluding hydrogens is 468 g/mol. The van der Waals surface area contributed by atoms with E-state index in [0.29, 0.717) is 36.4 Å². The third-order valence-electron chi connectivity index (χ3n) is 5.02. The summed E-state index contributed by atoms with van der Waals surface area (Å²) in [6, 6.07) is 23.0. The van der Waals surface area contributed by atoms with Crippen molar-refractivity contribution in [2.24, 2.45) is 0 Å². The van der Waals surface area contributed by atoms with Crippen LogP contribution in [0.2, 0.25) is 0 Å². The maximum atomic E-state index is 12.6. The second kappa shape index (κ2) is 11.5. The Morgan fingerprint density at radius 2 is 1.59 bits per heavy atom. The molecule has 6 heteroatoms. The molecule has 5 nitrogen and oxygen atoms in total. The average molecular weight is 495 g/mol. The van der Waals surface area contributed by atoms with E-state index < -0.39 is 0 Å². The summed E-state index contributed by atoms with van der Waals surface area (Å²) in [7, 11) is 3.51. The first-order chi connectivity index (χ1) is 15.4. The van der Waals surface area contributed by atoms with Gasteiger partial charge in [-0.25, -0.2) is 0 Å². The van der Waals surface area contributed by atoms with Crippen LogP contribution in [0.4, 0.5) is 5.69 Å². The van der Waals surface area contributed by atoms with Gasteiger partial charge >= 0.3 is 0 Å². The second-order valence-electron chi connectivity index (χ2n) is 7.67. The van der Waals surface area contributed by atoms with Crippen molar-refractivity contribution in [3.05, 3.63) is 94.0 Å². The molecule has 2 amide bonds. The Hall–Kier alpha value is -3.12. The summed E-state index contributed by atoms with van der Waals surface area (Å²) in [6.45, 7) is 0.556. The average Bonchev–Trinajstić information content (AvgIpc) is 2.80. The molecule has 0 fully saturated rings. The van der Waals surface area contributed by atoms with Crippen LogP contribution in [0, 0.1) is 0 Å². The maximum absolute atomic E-state index is 12.6. The van der Waals surface area contributed by atoms with E-state index in [1.807, 2.05) is 42.5 Å². The summed E-state index contributed by atoms with van der Waals surface area (Å²) >= 11 is 3.50. The minimum Gasteiger partial charge on any atom is -0.492 e. The molecule has 0 bridgehead atoms. The predicted octanol–water partition coefficient (Wildman–Crippen LogP) is 5.34. The number of halogens is 1. The molecule has 3 aromatic carbocycles. The van der Waals surface area contributed by atoms with E-state index in [1.54, 1.807) is 37.2 Å². The number of aryl methyl sites for hydroxylation is 1. The smallest absolute Gasteiger partial charge is 0.255 e. The molecule has 0 aliphatic heterocycles. The van der Waals surface area contributed by atoms with E-state index in [4.69, 9.17) is 4.74 Å². The highest BCUT2D eigenvalue weighted by Crippen LogP contribution is 2.26. The molecule has 166 valence electrons. The first-order valence-corrected chi connectivity index (χ1v) is 11.3. The molecule has 0 heterocycles. The van der Waals surface area contributed by atoms with Crippen molar-refractivity contribution in [2.75, 3.05) is 26.0 Å². The zero-order chi connectivity index (χ0) is 22.9. The first-order valence-electron chi connectivity index (χ1n) is 10.5. The van der Waals surface area contributed by atoms with E-state index in [0.717, 1.165) is 16.5 Å². The molecule has 0 spiro atoms. The lowest BCUT2D eigenvalue weighted by Gasteiger charge is -2.11. The zero-order valence-electron chi connectivity index (χ0n) is 18.3. The Bertz CT molecular complexity index is 1050. The topological polar surface area (TPSA) is 58.6 Å². The molecule has 0 saturated carbocycles. The van der Waals surface area contributed by atoms with Gasteiger partial charge in [-0.1, -0.05) is 42.5 Å². The third kappa shape index (κ3) is 6.95. The highest BCUT2D eigenvalue weighted by molar-refractivity contribution is 9.10. The highest BCUT2D eigenvalue weighted by Gasteiger charge is 2.10. The molecule has 1 N–H and O–H groups in total. The SMILES string of the molecule is CN(C)C(=O)CCc1ccc(NC(=O)c2ccc(OCCc3ccccc3)c(Br)c2)cc1. The number of hydrogen-bond donors (Lipinski definition) is 1. The number of benzene rings is 3.